The topological polar surface area (TPSA) is 56.7 Å². The molecule has 1 fully saturated rings. The van der Waals surface area contributed by atoms with Crippen LogP contribution in [0.15, 0.2) is 60.7 Å². The standard InChI is InChI=1S/C20H19N3O2/c24-20(25)17-14-15-6-4-5-9-18(15)21-19(17)23-12-10-22(11-13-23)16-7-2-1-3-8-16/h1-9,14H,10-13H2,(H,24,25). The summed E-state index contributed by atoms with van der Waals surface area (Å²) in [7, 11) is 0. The fourth-order valence-electron chi connectivity index (χ4n) is 3.32. The number of aromatic nitrogens is 1. The Labute approximate surface area is 146 Å². The number of carbonyl (C=O) groups is 1. The lowest BCUT2D eigenvalue weighted by Crippen LogP contribution is -2.47. The van der Waals surface area contributed by atoms with Crippen LogP contribution in [0.2, 0.25) is 0 Å². The van der Waals surface area contributed by atoms with Gasteiger partial charge in [0.05, 0.1) is 5.52 Å². The average Bonchev–Trinajstić information content (AvgIpc) is 2.68. The number of rotatable bonds is 3. The molecule has 3 aromatic rings. The monoisotopic (exact) mass is 333 g/mol. The van der Waals surface area contributed by atoms with Crippen molar-refractivity contribution < 1.29 is 9.90 Å². The number of piperazine rings is 1. The van der Waals surface area contributed by atoms with Crippen LogP contribution in [0, 0.1) is 0 Å². The van der Waals surface area contributed by atoms with Gasteiger partial charge >= 0.3 is 5.97 Å². The summed E-state index contributed by atoms with van der Waals surface area (Å²) in [4.78, 5) is 20.8. The maximum Gasteiger partial charge on any atom is 0.339 e. The smallest absolute Gasteiger partial charge is 0.339 e. The third kappa shape index (κ3) is 3.01. The van der Waals surface area contributed by atoms with E-state index in [1.165, 1.54) is 5.69 Å². The van der Waals surface area contributed by atoms with Gasteiger partial charge in [-0.1, -0.05) is 36.4 Å². The molecule has 0 bridgehead atoms. The Balaban J connectivity index is 1.62. The molecule has 0 spiro atoms. The van der Waals surface area contributed by atoms with Crippen molar-refractivity contribution in [1.82, 2.24) is 4.98 Å². The van der Waals surface area contributed by atoms with Crippen LogP contribution in [-0.4, -0.2) is 42.2 Å². The zero-order valence-electron chi connectivity index (χ0n) is 13.8. The summed E-state index contributed by atoms with van der Waals surface area (Å²) in [6.07, 6.45) is 0. The van der Waals surface area contributed by atoms with Crippen molar-refractivity contribution in [3.8, 4) is 0 Å². The molecule has 0 saturated carbocycles. The molecule has 25 heavy (non-hydrogen) atoms. The van der Waals surface area contributed by atoms with E-state index in [4.69, 9.17) is 0 Å². The molecule has 126 valence electrons. The summed E-state index contributed by atoms with van der Waals surface area (Å²) in [5, 5.41) is 10.5. The molecule has 5 heteroatoms. The molecule has 0 radical (unpaired) electrons. The van der Waals surface area contributed by atoms with Gasteiger partial charge in [-0.05, 0) is 24.3 Å². The van der Waals surface area contributed by atoms with Crippen molar-refractivity contribution in [3.05, 3.63) is 66.2 Å². The second-order valence-corrected chi connectivity index (χ2v) is 6.17. The summed E-state index contributed by atoms with van der Waals surface area (Å²) in [6.45, 7) is 3.19. The van der Waals surface area contributed by atoms with E-state index in [9.17, 15) is 9.90 Å². The maximum absolute atomic E-state index is 11.7. The number of carboxylic acid groups (broad SMARTS) is 1. The summed E-state index contributed by atoms with van der Waals surface area (Å²) in [5.74, 6) is -0.363. The van der Waals surface area contributed by atoms with Gasteiger partial charge in [0.2, 0.25) is 0 Å². The van der Waals surface area contributed by atoms with Crippen molar-refractivity contribution in [2.24, 2.45) is 0 Å². The lowest BCUT2D eigenvalue weighted by molar-refractivity contribution is 0.0697. The van der Waals surface area contributed by atoms with Crippen LogP contribution in [0.1, 0.15) is 10.4 Å². The molecule has 1 aliphatic heterocycles. The normalized spacial score (nSPS) is 14.7. The molecule has 2 heterocycles. The van der Waals surface area contributed by atoms with Gasteiger partial charge in [-0.15, -0.1) is 0 Å². The summed E-state index contributed by atoms with van der Waals surface area (Å²) < 4.78 is 0. The predicted molar refractivity (Wildman–Crippen MR) is 99.6 cm³/mol. The highest BCUT2D eigenvalue weighted by Gasteiger charge is 2.23. The van der Waals surface area contributed by atoms with Gasteiger partial charge in [-0.3, -0.25) is 0 Å². The Hall–Kier alpha value is -3.08. The fourth-order valence-corrected chi connectivity index (χ4v) is 3.32. The van der Waals surface area contributed by atoms with E-state index in [0.717, 1.165) is 37.1 Å². The summed E-state index contributed by atoms with van der Waals surface area (Å²) >= 11 is 0. The number of anilines is 2. The number of para-hydroxylation sites is 2. The molecule has 1 saturated heterocycles. The molecular weight excluding hydrogens is 314 g/mol. The minimum atomic E-state index is -0.932. The van der Waals surface area contributed by atoms with Gasteiger partial charge < -0.3 is 14.9 Å². The molecular formula is C20H19N3O2. The van der Waals surface area contributed by atoms with Crippen LogP contribution in [0.25, 0.3) is 10.9 Å². The summed E-state index contributed by atoms with van der Waals surface area (Å²) in [6, 6.07) is 19.7. The Bertz CT molecular complexity index is 903. The molecule has 0 aliphatic carbocycles. The van der Waals surface area contributed by atoms with Crippen molar-refractivity contribution in [1.29, 1.82) is 0 Å². The van der Waals surface area contributed by atoms with Gasteiger partial charge in [0.15, 0.2) is 0 Å². The number of aromatic carboxylic acids is 1. The highest BCUT2D eigenvalue weighted by atomic mass is 16.4. The van der Waals surface area contributed by atoms with E-state index >= 15 is 0 Å². The van der Waals surface area contributed by atoms with Crippen LogP contribution in [0.5, 0.6) is 0 Å². The predicted octanol–water partition coefficient (Wildman–Crippen LogP) is 3.26. The zero-order chi connectivity index (χ0) is 17.2. The molecule has 0 unspecified atom stereocenters. The van der Waals surface area contributed by atoms with Crippen LogP contribution in [-0.2, 0) is 0 Å². The van der Waals surface area contributed by atoms with E-state index in [0.29, 0.717) is 5.82 Å². The fraction of sp³-hybridized carbons (Fsp3) is 0.200. The molecule has 4 rings (SSSR count). The number of hydrogen-bond donors (Lipinski definition) is 1. The van der Waals surface area contributed by atoms with Gasteiger partial charge in [0.1, 0.15) is 11.4 Å². The van der Waals surface area contributed by atoms with E-state index in [-0.39, 0.29) is 5.56 Å². The molecule has 1 aliphatic rings. The maximum atomic E-state index is 11.7. The van der Waals surface area contributed by atoms with E-state index in [2.05, 4.69) is 26.9 Å². The largest absolute Gasteiger partial charge is 0.478 e. The SMILES string of the molecule is O=C(O)c1cc2ccccc2nc1N1CCN(c2ccccc2)CC1. The first kappa shape index (κ1) is 15.4. The molecule has 1 aromatic heterocycles. The van der Waals surface area contributed by atoms with Crippen molar-refractivity contribution >= 4 is 28.4 Å². The first-order valence-corrected chi connectivity index (χ1v) is 8.40. The Morgan fingerprint density at radius 2 is 1.52 bits per heavy atom. The van der Waals surface area contributed by atoms with E-state index < -0.39 is 5.97 Å². The molecule has 5 nitrogen and oxygen atoms in total. The Morgan fingerprint density at radius 1 is 0.880 bits per heavy atom. The Kier molecular flexibility index (Phi) is 3.98. The Morgan fingerprint density at radius 3 is 2.24 bits per heavy atom. The van der Waals surface area contributed by atoms with Crippen molar-refractivity contribution in [3.63, 3.8) is 0 Å². The molecule has 1 N–H and O–H groups in total. The number of carboxylic acids is 1. The molecule has 0 atom stereocenters. The molecule has 0 amide bonds. The van der Waals surface area contributed by atoms with E-state index in [1.807, 2.05) is 42.5 Å². The summed E-state index contributed by atoms with van der Waals surface area (Å²) in [5.41, 5.74) is 2.30. The number of nitrogens with zero attached hydrogens (tertiary/aromatic N) is 3. The highest BCUT2D eigenvalue weighted by molar-refractivity contribution is 5.98. The number of benzene rings is 2. The van der Waals surface area contributed by atoms with Crippen LogP contribution >= 0.6 is 0 Å². The van der Waals surface area contributed by atoms with Crippen LogP contribution < -0.4 is 9.80 Å². The van der Waals surface area contributed by atoms with Crippen molar-refractivity contribution in [2.75, 3.05) is 36.0 Å². The number of fused-ring (bicyclic) bond motifs is 1. The van der Waals surface area contributed by atoms with E-state index in [1.54, 1.807) is 6.07 Å². The van der Waals surface area contributed by atoms with Crippen LogP contribution in [0.4, 0.5) is 11.5 Å². The quantitative estimate of drug-likeness (QED) is 0.797. The van der Waals surface area contributed by atoms with Gasteiger partial charge in [-0.2, -0.15) is 0 Å². The minimum absolute atomic E-state index is 0.270. The first-order valence-electron chi connectivity index (χ1n) is 8.40. The number of pyridine rings is 1. The zero-order valence-corrected chi connectivity index (χ0v) is 13.8. The lowest BCUT2D eigenvalue weighted by atomic mass is 10.1. The second-order valence-electron chi connectivity index (χ2n) is 6.17. The van der Waals surface area contributed by atoms with Crippen LogP contribution in [0.3, 0.4) is 0 Å². The lowest BCUT2D eigenvalue weighted by Gasteiger charge is -2.37. The third-order valence-electron chi connectivity index (χ3n) is 4.63. The highest BCUT2D eigenvalue weighted by Crippen LogP contribution is 2.26. The molecule has 2 aromatic carbocycles. The van der Waals surface area contributed by atoms with Gasteiger partial charge in [0.25, 0.3) is 0 Å². The number of hydrogen-bond acceptors (Lipinski definition) is 4. The second kappa shape index (κ2) is 6.43. The third-order valence-corrected chi connectivity index (χ3v) is 4.63. The average molecular weight is 333 g/mol. The van der Waals surface area contributed by atoms with Gasteiger partial charge in [-0.25, -0.2) is 9.78 Å². The first-order chi connectivity index (χ1) is 12.2. The minimum Gasteiger partial charge on any atom is -0.478 e. The van der Waals surface area contributed by atoms with Gasteiger partial charge in [0, 0.05) is 37.3 Å². The van der Waals surface area contributed by atoms with Crippen molar-refractivity contribution in [2.45, 2.75) is 0 Å².